The van der Waals surface area contributed by atoms with E-state index >= 15 is 0 Å². The Morgan fingerprint density at radius 1 is 1.00 bits per heavy atom. The van der Waals surface area contributed by atoms with Crippen LogP contribution in [0.4, 0.5) is 0 Å². The van der Waals surface area contributed by atoms with Crippen LogP contribution in [0.15, 0.2) is 48.5 Å². The van der Waals surface area contributed by atoms with Crippen molar-refractivity contribution in [1.29, 1.82) is 0 Å². The molecule has 0 spiro atoms. The van der Waals surface area contributed by atoms with Crippen LogP contribution in [0.25, 0.3) is 12.2 Å². The van der Waals surface area contributed by atoms with Crippen molar-refractivity contribution in [2.45, 2.75) is 0 Å². The van der Waals surface area contributed by atoms with Crippen LogP contribution in [0, 0.1) is 6.07 Å². The zero-order valence-electron chi connectivity index (χ0n) is 8.15. The Kier molecular flexibility index (Phi) is 3.21. The highest BCUT2D eigenvalue weighted by Crippen LogP contribution is 2.17. The molecule has 73 valence electrons. The molecule has 0 saturated heterocycles. The Balaban J connectivity index is 2.23. The Labute approximate surface area is 94.8 Å². The van der Waals surface area contributed by atoms with Gasteiger partial charge in [-0.2, -0.15) is 0 Å². The monoisotopic (exact) mass is 213 g/mol. The minimum atomic E-state index is 0.727. The van der Waals surface area contributed by atoms with E-state index in [0.29, 0.717) is 0 Å². The molecule has 0 N–H and O–H groups in total. The maximum absolute atomic E-state index is 6.01. The minimum Gasteiger partial charge on any atom is -0.0837 e. The molecular formula is C14H10Cl. The molecule has 2 rings (SSSR count). The smallest absolute Gasteiger partial charge is 0.0484 e. The molecule has 0 nitrogen and oxygen atoms in total. The molecule has 1 heteroatoms. The number of rotatable bonds is 2. The molecule has 0 unspecified atom stereocenters. The number of hydrogen-bond acceptors (Lipinski definition) is 0. The van der Waals surface area contributed by atoms with Gasteiger partial charge in [-0.1, -0.05) is 66.2 Å². The lowest BCUT2D eigenvalue weighted by molar-refractivity contribution is 1.63. The summed E-state index contributed by atoms with van der Waals surface area (Å²) in [5, 5.41) is 0.727. The third kappa shape index (κ3) is 2.71. The van der Waals surface area contributed by atoms with Crippen molar-refractivity contribution in [3.05, 3.63) is 70.7 Å². The van der Waals surface area contributed by atoms with Crippen molar-refractivity contribution in [2.75, 3.05) is 0 Å². The SMILES string of the molecule is Clc1c[c]ccc1C=Cc1ccccc1. The fourth-order valence-electron chi connectivity index (χ4n) is 1.31. The summed E-state index contributed by atoms with van der Waals surface area (Å²) in [4.78, 5) is 0. The van der Waals surface area contributed by atoms with E-state index in [1.165, 1.54) is 5.56 Å². The topological polar surface area (TPSA) is 0 Å². The zero-order valence-corrected chi connectivity index (χ0v) is 8.91. The van der Waals surface area contributed by atoms with Crippen molar-refractivity contribution in [3.8, 4) is 0 Å². The Bertz CT molecular complexity index is 458. The maximum atomic E-state index is 6.01. The summed E-state index contributed by atoms with van der Waals surface area (Å²) >= 11 is 6.01. The van der Waals surface area contributed by atoms with Gasteiger partial charge < -0.3 is 0 Å². The molecule has 0 aliphatic rings. The predicted octanol–water partition coefficient (Wildman–Crippen LogP) is 4.31. The van der Waals surface area contributed by atoms with Crippen LogP contribution in [-0.2, 0) is 0 Å². The second-order valence-electron chi connectivity index (χ2n) is 3.19. The lowest BCUT2D eigenvalue weighted by atomic mass is 10.1. The van der Waals surface area contributed by atoms with Crippen LogP contribution in [0.1, 0.15) is 11.1 Å². The first-order chi connectivity index (χ1) is 7.36. The van der Waals surface area contributed by atoms with Crippen LogP contribution in [-0.4, -0.2) is 0 Å². The van der Waals surface area contributed by atoms with E-state index in [4.69, 9.17) is 11.6 Å². The van der Waals surface area contributed by atoms with E-state index in [1.807, 2.05) is 42.5 Å². The molecule has 0 atom stereocenters. The first kappa shape index (κ1) is 10.0. The highest BCUT2D eigenvalue weighted by Gasteiger charge is 1.92. The van der Waals surface area contributed by atoms with Crippen LogP contribution >= 0.6 is 11.6 Å². The standard InChI is InChI=1S/C14H10Cl/c15-14-9-5-4-8-13(14)11-10-12-6-2-1-3-7-12/h1-4,6-11H. The largest absolute Gasteiger partial charge is 0.0837 e. The van der Waals surface area contributed by atoms with Crippen molar-refractivity contribution in [2.24, 2.45) is 0 Å². The van der Waals surface area contributed by atoms with Crippen molar-refractivity contribution >= 4 is 23.8 Å². The third-order valence-electron chi connectivity index (χ3n) is 2.10. The highest BCUT2D eigenvalue weighted by atomic mass is 35.5. The van der Waals surface area contributed by atoms with Crippen LogP contribution in [0.5, 0.6) is 0 Å². The number of benzene rings is 2. The number of hydrogen-bond donors (Lipinski definition) is 0. The minimum absolute atomic E-state index is 0.727. The average molecular weight is 214 g/mol. The molecule has 15 heavy (non-hydrogen) atoms. The highest BCUT2D eigenvalue weighted by molar-refractivity contribution is 6.32. The van der Waals surface area contributed by atoms with E-state index < -0.39 is 0 Å². The van der Waals surface area contributed by atoms with Gasteiger partial charge in [0, 0.05) is 5.02 Å². The summed E-state index contributed by atoms with van der Waals surface area (Å²) < 4.78 is 0. The van der Waals surface area contributed by atoms with Gasteiger partial charge in [-0.3, -0.25) is 0 Å². The zero-order chi connectivity index (χ0) is 10.5. The first-order valence-corrected chi connectivity index (χ1v) is 5.13. The second-order valence-corrected chi connectivity index (χ2v) is 3.60. The Hall–Kier alpha value is -1.53. The van der Waals surface area contributed by atoms with Crippen molar-refractivity contribution in [3.63, 3.8) is 0 Å². The maximum Gasteiger partial charge on any atom is 0.0484 e. The summed E-state index contributed by atoms with van der Waals surface area (Å²) in [5.74, 6) is 0. The summed E-state index contributed by atoms with van der Waals surface area (Å²) in [6.07, 6.45) is 4.05. The van der Waals surface area contributed by atoms with E-state index in [9.17, 15) is 0 Å². The molecule has 1 radical (unpaired) electrons. The summed E-state index contributed by atoms with van der Waals surface area (Å²) in [6.45, 7) is 0. The summed E-state index contributed by atoms with van der Waals surface area (Å²) in [6, 6.07) is 18.6. The molecule has 2 aromatic rings. The van der Waals surface area contributed by atoms with Gasteiger partial charge in [0.2, 0.25) is 0 Å². The molecule has 0 heterocycles. The van der Waals surface area contributed by atoms with Gasteiger partial charge in [-0.25, -0.2) is 0 Å². The van der Waals surface area contributed by atoms with Gasteiger partial charge >= 0.3 is 0 Å². The number of halogens is 1. The van der Waals surface area contributed by atoms with E-state index in [1.54, 1.807) is 6.07 Å². The first-order valence-electron chi connectivity index (χ1n) is 4.75. The van der Waals surface area contributed by atoms with E-state index in [2.05, 4.69) is 18.2 Å². The summed E-state index contributed by atoms with van der Waals surface area (Å²) in [7, 11) is 0. The van der Waals surface area contributed by atoms with Gasteiger partial charge in [-0.15, -0.1) is 0 Å². The van der Waals surface area contributed by atoms with Crippen LogP contribution in [0.2, 0.25) is 5.02 Å². The molecular weight excluding hydrogens is 204 g/mol. The van der Waals surface area contributed by atoms with E-state index in [0.717, 1.165) is 10.6 Å². The molecule has 0 aliphatic heterocycles. The van der Waals surface area contributed by atoms with Crippen molar-refractivity contribution < 1.29 is 0 Å². The van der Waals surface area contributed by atoms with Gasteiger partial charge in [-0.05, 0) is 23.3 Å². The predicted molar refractivity (Wildman–Crippen MR) is 65.7 cm³/mol. The fraction of sp³-hybridized carbons (Fsp3) is 0. The van der Waals surface area contributed by atoms with Gasteiger partial charge in [0.15, 0.2) is 0 Å². The molecule has 2 aromatic carbocycles. The van der Waals surface area contributed by atoms with Gasteiger partial charge in [0.1, 0.15) is 0 Å². The van der Waals surface area contributed by atoms with Crippen LogP contribution in [0.3, 0.4) is 0 Å². The Morgan fingerprint density at radius 2 is 1.80 bits per heavy atom. The average Bonchev–Trinajstić information content (AvgIpc) is 2.29. The Morgan fingerprint density at radius 3 is 2.53 bits per heavy atom. The molecule has 0 amide bonds. The molecule has 0 aromatic heterocycles. The molecule has 0 saturated carbocycles. The lowest BCUT2D eigenvalue weighted by Crippen LogP contribution is -1.74. The van der Waals surface area contributed by atoms with Crippen molar-refractivity contribution in [1.82, 2.24) is 0 Å². The second kappa shape index (κ2) is 4.81. The third-order valence-corrected chi connectivity index (χ3v) is 2.43. The van der Waals surface area contributed by atoms with Gasteiger partial charge in [0.25, 0.3) is 0 Å². The molecule has 0 aliphatic carbocycles. The molecule has 0 fully saturated rings. The lowest BCUT2D eigenvalue weighted by Gasteiger charge is -1.96. The van der Waals surface area contributed by atoms with Crippen LogP contribution < -0.4 is 0 Å². The normalized spacial score (nSPS) is 10.7. The van der Waals surface area contributed by atoms with Gasteiger partial charge in [0.05, 0.1) is 0 Å². The van der Waals surface area contributed by atoms with E-state index in [-0.39, 0.29) is 0 Å². The fourth-order valence-corrected chi connectivity index (χ4v) is 1.50. The molecule has 0 bridgehead atoms. The quantitative estimate of drug-likeness (QED) is 0.652. The summed E-state index contributed by atoms with van der Waals surface area (Å²) in [5.41, 5.74) is 2.18.